The SMILES string of the molecule is CCCCOc1cc2c3cc(OCCCC)c(OCCCC)cc3c3c([N+](=O)[O-])c(OC(=O)C(=O)Oc4c(OCCCC)cc5c6cc(OCCCC)c(OCCCC)cc6c6cc(OCCCC)c(OCCCC)cc6c5c4[N+](=O)[O-])c(OCCCC)cc3c2cc1OCCCC. The van der Waals surface area contributed by atoms with E-state index in [2.05, 4.69) is 41.5 Å². The van der Waals surface area contributed by atoms with Crippen molar-refractivity contribution in [2.45, 2.75) is 198 Å². The molecule has 0 fully saturated rings. The molecule has 0 atom stereocenters. The Morgan fingerprint density at radius 3 is 0.592 bits per heavy atom. The summed E-state index contributed by atoms with van der Waals surface area (Å²) in [6.45, 7) is 23.3. The van der Waals surface area contributed by atoms with Crippen molar-refractivity contribution in [2.75, 3.05) is 66.1 Å². The summed E-state index contributed by atoms with van der Waals surface area (Å²) in [5, 5.41) is 33.3. The second-order valence-electron chi connectivity index (χ2n) is 24.6. The number of benzene rings is 8. The maximum Gasteiger partial charge on any atom is 0.423 e. The van der Waals surface area contributed by atoms with Crippen molar-refractivity contribution in [3.05, 3.63) is 80.9 Å². The van der Waals surface area contributed by atoms with Crippen LogP contribution in [0.15, 0.2) is 60.7 Å². The summed E-state index contributed by atoms with van der Waals surface area (Å²) in [4.78, 5) is 57.4. The Bertz CT molecular complexity index is 3700. The highest BCUT2D eigenvalue weighted by molar-refractivity contribution is 6.34. The van der Waals surface area contributed by atoms with Crippen molar-refractivity contribution < 1.29 is 76.3 Å². The molecule has 0 saturated heterocycles. The summed E-state index contributed by atoms with van der Waals surface area (Å²) in [5.41, 5.74) is -1.44. The molecule has 0 spiro atoms. The van der Waals surface area contributed by atoms with Crippen LogP contribution in [-0.2, 0) is 9.59 Å². The van der Waals surface area contributed by atoms with E-state index in [9.17, 15) is 20.2 Å². The summed E-state index contributed by atoms with van der Waals surface area (Å²) in [6.07, 6.45) is 15.1. The van der Waals surface area contributed by atoms with E-state index < -0.39 is 44.7 Å². The van der Waals surface area contributed by atoms with Crippen LogP contribution in [0.5, 0.6) is 69.0 Å². The molecule has 530 valence electrons. The van der Waals surface area contributed by atoms with E-state index in [0.717, 1.165) is 89.9 Å². The zero-order chi connectivity index (χ0) is 70.1. The first-order chi connectivity index (χ1) is 47.7. The lowest BCUT2D eigenvalue weighted by molar-refractivity contribution is -0.384. The van der Waals surface area contributed by atoms with Crippen molar-refractivity contribution in [1.29, 1.82) is 0 Å². The number of rotatable bonds is 44. The van der Waals surface area contributed by atoms with Crippen LogP contribution in [0.2, 0.25) is 0 Å². The number of ether oxygens (including phenoxy) is 12. The van der Waals surface area contributed by atoms with Crippen LogP contribution < -0.4 is 56.8 Å². The highest BCUT2D eigenvalue weighted by atomic mass is 16.7. The molecule has 0 heterocycles. The standard InChI is InChI=1S/C78H100N2O18/c1-11-21-31-87-61-41-51-53-43-65(91-35-25-15-5)67(93-37-27-17-7)47-57(53)71-59(55(51)45-63(61)89-33-23-13-3)49-69(95-39-29-19-9)75(73(71)79(83)84)97-77(81)78(82)98-76-70(96-40-30-20-10)50-60-56-46-64(90-34-24-14-4)62(88-32-22-12-2)42-52(56)54-44-66(92-36-26-16-6)68(94-38-28-18-8)48-58(54)72(60)74(76)80(85)86/h41-50H,11-40H2,1-10H3. The molecule has 0 unspecified atom stereocenters. The Kier molecular flexibility index (Phi) is 28.8. The average Bonchev–Trinajstić information content (AvgIpc) is 0.722. The fourth-order valence-electron chi connectivity index (χ4n) is 11.4. The molecule has 20 nitrogen and oxygen atoms in total. The van der Waals surface area contributed by atoms with Gasteiger partial charge in [-0.25, -0.2) is 9.59 Å². The van der Waals surface area contributed by atoms with Crippen molar-refractivity contribution in [3.8, 4) is 69.0 Å². The summed E-state index contributed by atoms with van der Waals surface area (Å²) in [6, 6.07) is 17.5. The quantitative estimate of drug-likeness (QED) is 0.00657. The molecule has 8 aromatic carbocycles. The molecule has 0 N–H and O–H groups in total. The molecule has 0 aliphatic rings. The number of nitrogens with zero attached hydrogens (tertiary/aromatic N) is 2. The molecule has 8 aromatic rings. The van der Waals surface area contributed by atoms with Gasteiger partial charge in [0.1, 0.15) is 0 Å². The first-order valence-corrected chi connectivity index (χ1v) is 35.9. The predicted molar refractivity (Wildman–Crippen MR) is 387 cm³/mol. The van der Waals surface area contributed by atoms with Crippen molar-refractivity contribution in [1.82, 2.24) is 0 Å². The molecule has 0 radical (unpaired) electrons. The third kappa shape index (κ3) is 18.0. The number of nitro groups is 2. The molecule has 20 heteroatoms. The van der Waals surface area contributed by atoms with E-state index >= 15 is 9.59 Å². The van der Waals surface area contributed by atoms with Gasteiger partial charge in [0.05, 0.1) is 86.7 Å². The minimum atomic E-state index is -1.75. The zero-order valence-electron chi connectivity index (χ0n) is 59.2. The lowest BCUT2D eigenvalue weighted by Gasteiger charge is -2.21. The Labute approximate surface area is 575 Å². The van der Waals surface area contributed by atoms with Gasteiger partial charge in [-0.3, -0.25) is 20.2 Å². The van der Waals surface area contributed by atoms with Crippen LogP contribution in [0.1, 0.15) is 198 Å². The largest absolute Gasteiger partial charge is 0.490 e. The molecule has 0 bridgehead atoms. The number of carbonyl (C=O) groups excluding carboxylic acids is 2. The summed E-state index contributed by atoms with van der Waals surface area (Å²) in [7, 11) is 0. The van der Waals surface area contributed by atoms with Crippen molar-refractivity contribution in [2.24, 2.45) is 0 Å². The van der Waals surface area contributed by atoms with Gasteiger partial charge in [-0.2, -0.15) is 0 Å². The van der Waals surface area contributed by atoms with Gasteiger partial charge in [0, 0.05) is 21.5 Å². The van der Waals surface area contributed by atoms with Crippen LogP contribution >= 0.6 is 0 Å². The second kappa shape index (κ2) is 37.7. The minimum absolute atomic E-state index is 0.0162. The number of hydrogen-bond acceptors (Lipinski definition) is 18. The minimum Gasteiger partial charge on any atom is -0.490 e. The first-order valence-electron chi connectivity index (χ1n) is 35.9. The number of nitro benzene ring substituents is 2. The third-order valence-corrected chi connectivity index (χ3v) is 17.0. The van der Waals surface area contributed by atoms with E-state index in [4.69, 9.17) is 56.8 Å². The van der Waals surface area contributed by atoms with Gasteiger partial charge < -0.3 is 56.8 Å². The highest BCUT2D eigenvalue weighted by Crippen LogP contribution is 2.55. The molecule has 0 saturated carbocycles. The molecule has 0 aliphatic heterocycles. The van der Waals surface area contributed by atoms with Gasteiger partial charge in [-0.05, 0) is 157 Å². The Balaban J connectivity index is 1.41. The summed E-state index contributed by atoms with van der Waals surface area (Å²) >= 11 is 0. The van der Waals surface area contributed by atoms with Crippen LogP contribution in [0, 0.1) is 20.2 Å². The van der Waals surface area contributed by atoms with E-state index in [-0.39, 0.29) is 35.5 Å². The molecular formula is C78H100N2O18. The monoisotopic (exact) mass is 1350 g/mol. The van der Waals surface area contributed by atoms with Gasteiger partial charge in [-0.1, -0.05) is 133 Å². The Morgan fingerprint density at radius 2 is 0.418 bits per heavy atom. The topological polar surface area (TPSA) is 231 Å². The summed E-state index contributed by atoms with van der Waals surface area (Å²) in [5.74, 6) is -2.08. The molecule has 98 heavy (non-hydrogen) atoms. The number of esters is 2. The molecule has 0 aliphatic carbocycles. The van der Waals surface area contributed by atoms with Gasteiger partial charge in [-0.15, -0.1) is 0 Å². The van der Waals surface area contributed by atoms with E-state index in [1.807, 2.05) is 64.1 Å². The van der Waals surface area contributed by atoms with Gasteiger partial charge in [0.2, 0.25) is 0 Å². The summed E-state index contributed by atoms with van der Waals surface area (Å²) < 4.78 is 76.6. The predicted octanol–water partition coefficient (Wildman–Crippen LogP) is 20.7. The maximum atomic E-state index is 15.1. The fourth-order valence-corrected chi connectivity index (χ4v) is 11.4. The molecule has 0 aromatic heterocycles. The number of hydrogen-bond donors (Lipinski definition) is 0. The molecule has 8 rings (SSSR count). The number of fused-ring (bicyclic) bond motifs is 12. The van der Waals surface area contributed by atoms with Crippen LogP contribution in [0.3, 0.4) is 0 Å². The zero-order valence-corrected chi connectivity index (χ0v) is 59.2. The van der Waals surface area contributed by atoms with E-state index in [1.165, 1.54) is 0 Å². The van der Waals surface area contributed by atoms with Crippen molar-refractivity contribution >= 4 is 87.9 Å². The van der Waals surface area contributed by atoms with Gasteiger partial charge in [0.25, 0.3) is 11.5 Å². The number of carbonyl (C=O) groups is 2. The average molecular weight is 1350 g/mol. The Hall–Kier alpha value is -8.94. The fraction of sp³-hybridized carbons (Fsp3) is 0.513. The Morgan fingerprint density at radius 1 is 0.265 bits per heavy atom. The maximum absolute atomic E-state index is 15.1. The van der Waals surface area contributed by atoms with Gasteiger partial charge >= 0.3 is 23.3 Å². The molecular weight excluding hydrogens is 1250 g/mol. The van der Waals surface area contributed by atoms with E-state index in [1.54, 1.807) is 24.3 Å². The smallest absolute Gasteiger partial charge is 0.423 e. The third-order valence-electron chi connectivity index (χ3n) is 17.0. The highest BCUT2D eigenvalue weighted by Gasteiger charge is 2.37. The normalized spacial score (nSPS) is 11.4. The number of unbranched alkanes of at least 4 members (excludes halogenated alkanes) is 10. The first kappa shape index (κ1) is 74.8. The van der Waals surface area contributed by atoms with E-state index in [0.29, 0.717) is 191 Å². The van der Waals surface area contributed by atoms with Crippen LogP contribution in [0.25, 0.3) is 64.6 Å². The van der Waals surface area contributed by atoms with Crippen LogP contribution in [0.4, 0.5) is 11.4 Å². The van der Waals surface area contributed by atoms with Crippen LogP contribution in [-0.4, -0.2) is 87.9 Å². The second-order valence-corrected chi connectivity index (χ2v) is 24.6. The molecule has 0 amide bonds. The lowest BCUT2D eigenvalue weighted by atomic mass is 9.92. The van der Waals surface area contributed by atoms with Crippen molar-refractivity contribution in [3.63, 3.8) is 0 Å². The van der Waals surface area contributed by atoms with Gasteiger partial charge in [0.15, 0.2) is 57.5 Å². The lowest BCUT2D eigenvalue weighted by Crippen LogP contribution is -2.26.